The first-order chi connectivity index (χ1) is 15.5. The van der Waals surface area contributed by atoms with Crippen molar-refractivity contribution in [3.8, 4) is 0 Å². The zero-order valence-electron chi connectivity index (χ0n) is 20.3. The van der Waals surface area contributed by atoms with Crippen molar-refractivity contribution in [2.45, 2.75) is 54.3 Å². The second-order valence-corrected chi connectivity index (χ2v) is 8.44. The third-order valence-corrected chi connectivity index (χ3v) is 6.28. The van der Waals surface area contributed by atoms with E-state index in [1.165, 1.54) is 0 Å². The van der Waals surface area contributed by atoms with E-state index >= 15 is 0 Å². The highest BCUT2D eigenvalue weighted by atomic mass is 15.2. The Morgan fingerprint density at radius 1 is 0.562 bits per heavy atom. The number of H-pyrrole nitrogens is 3. The van der Waals surface area contributed by atoms with E-state index in [2.05, 4.69) is 79.2 Å². The minimum absolute atomic E-state index is 0.799. The molecule has 0 amide bonds. The molecule has 0 atom stereocenters. The number of aromatic amines is 3. The summed E-state index contributed by atoms with van der Waals surface area (Å²) in [6.07, 6.45) is 5.35. The monoisotopic (exact) mass is 441 g/mol. The Kier molecular flexibility index (Phi) is 9.01. The Labute approximate surface area is 191 Å². The van der Waals surface area contributed by atoms with Crippen LogP contribution in [0.1, 0.15) is 48.0 Å². The van der Waals surface area contributed by atoms with Crippen LogP contribution in [0.5, 0.6) is 0 Å². The number of nitrogens with zero attached hydrogens (tertiary/aromatic N) is 6. The van der Waals surface area contributed by atoms with Gasteiger partial charge in [0.1, 0.15) is 0 Å². The molecule has 9 heteroatoms. The second kappa shape index (κ2) is 11.9. The Bertz CT molecular complexity index is 879. The van der Waals surface area contributed by atoms with Gasteiger partial charge in [-0.1, -0.05) is 13.8 Å². The molecule has 3 heterocycles. The van der Waals surface area contributed by atoms with Crippen LogP contribution in [0.15, 0.2) is 19.0 Å². The molecule has 0 saturated carbocycles. The normalized spacial score (nSPS) is 12.0. The van der Waals surface area contributed by atoms with Crippen LogP contribution in [0.25, 0.3) is 0 Å². The molecular formula is C23H39N9. The molecule has 3 aromatic heterocycles. The van der Waals surface area contributed by atoms with Crippen molar-refractivity contribution in [2.75, 3.05) is 39.3 Å². The van der Waals surface area contributed by atoms with Crippen LogP contribution in [-0.4, -0.2) is 83.9 Å². The molecule has 0 aliphatic heterocycles. The van der Waals surface area contributed by atoms with Crippen LogP contribution in [0.3, 0.4) is 0 Å². The van der Waals surface area contributed by atoms with E-state index in [1.54, 1.807) is 19.0 Å². The molecule has 0 aliphatic carbocycles. The molecule has 0 spiro atoms. The van der Waals surface area contributed by atoms with Crippen LogP contribution < -0.4 is 0 Å². The number of nitrogens with one attached hydrogen (secondary N) is 3. The smallest absolute Gasteiger partial charge is 0.0925 e. The van der Waals surface area contributed by atoms with E-state index in [-0.39, 0.29) is 0 Å². The van der Waals surface area contributed by atoms with Gasteiger partial charge >= 0.3 is 0 Å². The van der Waals surface area contributed by atoms with Crippen molar-refractivity contribution in [3.63, 3.8) is 0 Å². The van der Waals surface area contributed by atoms with Crippen LogP contribution in [0, 0.1) is 20.8 Å². The minimum Gasteiger partial charge on any atom is -0.348 e. The van der Waals surface area contributed by atoms with E-state index in [0.29, 0.717) is 0 Å². The highest BCUT2D eigenvalue weighted by molar-refractivity contribution is 5.11. The fraction of sp³-hybridized carbons (Fsp3) is 0.609. The maximum Gasteiger partial charge on any atom is 0.0925 e. The second-order valence-electron chi connectivity index (χ2n) is 8.44. The van der Waals surface area contributed by atoms with Gasteiger partial charge in [0.25, 0.3) is 0 Å². The molecule has 3 rings (SSSR count). The summed E-state index contributed by atoms with van der Waals surface area (Å²) in [6, 6.07) is 0. The first kappa shape index (κ1) is 24.2. The molecule has 0 unspecified atom stereocenters. The first-order valence-corrected chi connectivity index (χ1v) is 11.6. The van der Waals surface area contributed by atoms with Crippen LogP contribution in [0.2, 0.25) is 0 Å². The van der Waals surface area contributed by atoms with Crippen molar-refractivity contribution in [2.24, 2.45) is 0 Å². The highest BCUT2D eigenvalue weighted by Gasteiger charge is 2.17. The number of imidazole rings is 3. The molecule has 0 aromatic carbocycles. The number of hydrogen-bond acceptors (Lipinski definition) is 6. The van der Waals surface area contributed by atoms with Gasteiger partial charge in [0.15, 0.2) is 0 Å². The van der Waals surface area contributed by atoms with Crippen LogP contribution in [0.4, 0.5) is 0 Å². The van der Waals surface area contributed by atoms with Crippen LogP contribution >= 0.6 is 0 Å². The Hall–Kier alpha value is -2.49. The molecule has 0 radical (unpaired) electrons. The van der Waals surface area contributed by atoms with Crippen LogP contribution in [-0.2, 0) is 19.6 Å². The van der Waals surface area contributed by atoms with Crippen molar-refractivity contribution >= 4 is 0 Å². The lowest BCUT2D eigenvalue weighted by molar-refractivity contribution is 0.165. The first-order valence-electron chi connectivity index (χ1n) is 11.6. The summed E-state index contributed by atoms with van der Waals surface area (Å²) in [6.45, 7) is 19.3. The lowest BCUT2D eigenvalue weighted by Crippen LogP contribution is -2.39. The zero-order valence-corrected chi connectivity index (χ0v) is 20.3. The summed E-state index contributed by atoms with van der Waals surface area (Å²) >= 11 is 0. The van der Waals surface area contributed by atoms with E-state index in [0.717, 1.165) is 93.1 Å². The third-order valence-electron chi connectivity index (χ3n) is 6.28. The number of aryl methyl sites for hydroxylation is 3. The predicted molar refractivity (Wildman–Crippen MR) is 127 cm³/mol. The van der Waals surface area contributed by atoms with E-state index in [9.17, 15) is 0 Å². The SMILES string of the molecule is CCN(CC)CCN(CCN(Cc1nc[nH]c1C)Cc1nc[nH]c1C)Cc1nc[nH]c1C. The lowest BCUT2D eigenvalue weighted by Gasteiger charge is -2.29. The Balaban J connectivity index is 1.69. The molecule has 0 fully saturated rings. The topological polar surface area (TPSA) is 95.8 Å². The van der Waals surface area contributed by atoms with Gasteiger partial charge in [-0.2, -0.15) is 0 Å². The summed E-state index contributed by atoms with van der Waals surface area (Å²) < 4.78 is 0. The van der Waals surface area contributed by atoms with Gasteiger partial charge in [-0.25, -0.2) is 15.0 Å². The molecule has 32 heavy (non-hydrogen) atoms. The maximum atomic E-state index is 4.54. The average Bonchev–Trinajstić information content (AvgIpc) is 3.49. The molecule has 0 bridgehead atoms. The Morgan fingerprint density at radius 2 is 0.906 bits per heavy atom. The van der Waals surface area contributed by atoms with Gasteiger partial charge in [0.05, 0.1) is 36.1 Å². The Morgan fingerprint density at radius 3 is 1.25 bits per heavy atom. The van der Waals surface area contributed by atoms with Crippen molar-refractivity contribution in [3.05, 3.63) is 53.1 Å². The maximum absolute atomic E-state index is 4.54. The summed E-state index contributed by atoms with van der Waals surface area (Å²) in [4.78, 5) is 30.7. The van der Waals surface area contributed by atoms with Gasteiger partial charge in [0.2, 0.25) is 0 Å². The van der Waals surface area contributed by atoms with Gasteiger partial charge in [-0.15, -0.1) is 0 Å². The average molecular weight is 442 g/mol. The van der Waals surface area contributed by atoms with Crippen molar-refractivity contribution in [1.82, 2.24) is 44.6 Å². The fourth-order valence-corrected chi connectivity index (χ4v) is 3.86. The zero-order chi connectivity index (χ0) is 22.9. The molecule has 3 aromatic rings. The molecule has 9 nitrogen and oxygen atoms in total. The summed E-state index contributed by atoms with van der Waals surface area (Å²) in [5.74, 6) is 0. The van der Waals surface area contributed by atoms with Gasteiger partial charge < -0.3 is 19.9 Å². The number of hydrogen-bond donors (Lipinski definition) is 3. The quantitative estimate of drug-likeness (QED) is 0.356. The standard InChI is InChI=1S/C23H39N9/c1-6-30(7-2)8-9-31(12-21-18(3)24-15-27-21)10-11-32(13-22-19(4)25-16-28-22)14-23-20(5)26-17-29-23/h15-17H,6-14H2,1-5H3,(H,24,27)(H,25,28)(H,26,29). The van der Waals surface area contributed by atoms with E-state index in [1.807, 2.05) is 0 Å². The van der Waals surface area contributed by atoms with Gasteiger partial charge in [-0.05, 0) is 33.9 Å². The van der Waals surface area contributed by atoms with Crippen molar-refractivity contribution < 1.29 is 0 Å². The van der Waals surface area contributed by atoms with Crippen molar-refractivity contribution in [1.29, 1.82) is 0 Å². The predicted octanol–water partition coefficient (Wildman–Crippen LogP) is 2.63. The minimum atomic E-state index is 0.799. The molecule has 0 saturated heterocycles. The summed E-state index contributed by atoms with van der Waals surface area (Å²) in [5, 5.41) is 0. The third kappa shape index (κ3) is 6.75. The molecule has 3 N–H and O–H groups in total. The highest BCUT2D eigenvalue weighted by Crippen LogP contribution is 2.13. The van der Waals surface area contributed by atoms with Gasteiger partial charge in [-0.3, -0.25) is 9.80 Å². The molecular weight excluding hydrogens is 402 g/mol. The van der Waals surface area contributed by atoms with E-state index < -0.39 is 0 Å². The fourth-order valence-electron chi connectivity index (χ4n) is 3.86. The number of likely N-dealkylation sites (N-methyl/N-ethyl adjacent to an activating group) is 1. The number of aromatic nitrogens is 6. The number of rotatable bonds is 14. The van der Waals surface area contributed by atoms with Gasteiger partial charge in [0, 0.05) is 62.9 Å². The molecule has 0 aliphatic rings. The summed E-state index contributed by atoms with van der Waals surface area (Å²) in [5.41, 5.74) is 6.71. The lowest BCUT2D eigenvalue weighted by atomic mass is 10.2. The molecule has 176 valence electrons. The van der Waals surface area contributed by atoms with E-state index in [4.69, 9.17) is 0 Å². The largest absolute Gasteiger partial charge is 0.348 e. The summed E-state index contributed by atoms with van der Waals surface area (Å²) in [7, 11) is 0.